The topological polar surface area (TPSA) is 69.6 Å². The molecule has 1 heterocycles. The van der Waals surface area contributed by atoms with Crippen molar-refractivity contribution in [2.75, 3.05) is 23.4 Å². The normalized spacial score (nSPS) is 16.5. The zero-order chi connectivity index (χ0) is 22.5. The number of aliphatic hydroxyl groups excluding tert-OH is 1. The van der Waals surface area contributed by atoms with Gasteiger partial charge < -0.3 is 15.3 Å². The molecule has 5 nitrogen and oxygen atoms in total. The number of nitrogens with zero attached hydrogens (tertiary/aromatic N) is 1. The standard InChI is InChI=1S/C22H22Cl2F2N2O3/c23-17-10-16(27-20(30)2-1-7-29)11-18(24)22(17)28-12-13(3-6-21(28)31)8-14-4-5-15(25)9-19(14)26/h4-5,9-11,13,29H,1-3,6-8,12H2,(H,27,30). The summed E-state index contributed by atoms with van der Waals surface area (Å²) >= 11 is 12.8. The highest BCUT2D eigenvalue weighted by atomic mass is 35.5. The van der Waals surface area contributed by atoms with Gasteiger partial charge in [-0.25, -0.2) is 8.78 Å². The SMILES string of the molecule is O=C(CCCO)Nc1cc(Cl)c(N2CC(Cc3ccc(F)cc3F)CCC2=O)c(Cl)c1. The number of rotatable bonds is 7. The Balaban J connectivity index is 1.77. The molecule has 0 saturated carbocycles. The largest absolute Gasteiger partial charge is 0.396 e. The highest BCUT2D eigenvalue weighted by molar-refractivity contribution is 6.40. The predicted octanol–water partition coefficient (Wildman–Crippen LogP) is 4.97. The van der Waals surface area contributed by atoms with Gasteiger partial charge >= 0.3 is 0 Å². The summed E-state index contributed by atoms with van der Waals surface area (Å²) in [6.45, 7) is 0.200. The van der Waals surface area contributed by atoms with Crippen LogP contribution in [-0.4, -0.2) is 30.1 Å². The fraction of sp³-hybridized carbons (Fsp3) is 0.364. The lowest BCUT2D eigenvalue weighted by Gasteiger charge is -2.34. The van der Waals surface area contributed by atoms with Gasteiger partial charge in [0, 0.05) is 37.7 Å². The van der Waals surface area contributed by atoms with Gasteiger partial charge in [0.25, 0.3) is 0 Å². The van der Waals surface area contributed by atoms with Gasteiger partial charge in [-0.05, 0) is 48.9 Å². The Bertz CT molecular complexity index is 964. The molecule has 1 saturated heterocycles. The summed E-state index contributed by atoms with van der Waals surface area (Å²) in [5.74, 6) is -1.74. The zero-order valence-corrected chi connectivity index (χ0v) is 18.1. The van der Waals surface area contributed by atoms with Crippen molar-refractivity contribution < 1.29 is 23.5 Å². The van der Waals surface area contributed by atoms with Crippen LogP contribution in [0, 0.1) is 17.6 Å². The number of nitrogens with one attached hydrogen (secondary N) is 1. The van der Waals surface area contributed by atoms with Gasteiger partial charge in [0.2, 0.25) is 11.8 Å². The summed E-state index contributed by atoms with van der Waals surface area (Å²) in [5.41, 5.74) is 1.11. The number of aliphatic hydroxyl groups is 1. The van der Waals surface area contributed by atoms with E-state index < -0.39 is 11.6 Å². The third-order valence-electron chi connectivity index (χ3n) is 5.16. The molecule has 9 heteroatoms. The molecule has 166 valence electrons. The number of halogens is 4. The lowest BCUT2D eigenvalue weighted by atomic mass is 9.90. The molecule has 1 atom stereocenters. The molecule has 2 aromatic rings. The van der Waals surface area contributed by atoms with E-state index in [0.29, 0.717) is 36.2 Å². The van der Waals surface area contributed by atoms with Crippen molar-refractivity contribution in [1.82, 2.24) is 0 Å². The van der Waals surface area contributed by atoms with Crippen molar-refractivity contribution in [2.24, 2.45) is 5.92 Å². The smallest absolute Gasteiger partial charge is 0.227 e. The minimum Gasteiger partial charge on any atom is -0.396 e. The van der Waals surface area contributed by atoms with Crippen LogP contribution in [0.1, 0.15) is 31.2 Å². The Morgan fingerprint density at radius 3 is 2.55 bits per heavy atom. The van der Waals surface area contributed by atoms with Crippen LogP contribution in [0.5, 0.6) is 0 Å². The third kappa shape index (κ3) is 5.93. The molecule has 1 fully saturated rings. The van der Waals surface area contributed by atoms with Gasteiger partial charge in [-0.2, -0.15) is 0 Å². The van der Waals surface area contributed by atoms with Crippen LogP contribution in [0.2, 0.25) is 10.0 Å². The maximum atomic E-state index is 14.0. The second-order valence-electron chi connectivity index (χ2n) is 7.51. The van der Waals surface area contributed by atoms with E-state index in [9.17, 15) is 18.4 Å². The summed E-state index contributed by atoms with van der Waals surface area (Å²) in [4.78, 5) is 25.9. The Morgan fingerprint density at radius 1 is 1.19 bits per heavy atom. The molecule has 2 aromatic carbocycles. The van der Waals surface area contributed by atoms with Crippen LogP contribution in [-0.2, 0) is 16.0 Å². The summed E-state index contributed by atoms with van der Waals surface area (Å²) in [6.07, 6.45) is 1.66. The minimum atomic E-state index is -0.635. The molecule has 2 N–H and O–H groups in total. The third-order valence-corrected chi connectivity index (χ3v) is 5.74. The van der Waals surface area contributed by atoms with Crippen LogP contribution >= 0.6 is 23.2 Å². The first kappa shape index (κ1) is 23.4. The monoisotopic (exact) mass is 470 g/mol. The number of benzene rings is 2. The van der Waals surface area contributed by atoms with Gasteiger partial charge in [-0.3, -0.25) is 9.59 Å². The molecule has 3 rings (SSSR count). The molecule has 0 aromatic heterocycles. The Hall–Kier alpha value is -2.22. The molecule has 31 heavy (non-hydrogen) atoms. The first-order valence-corrected chi connectivity index (χ1v) is 10.7. The fourth-order valence-corrected chi connectivity index (χ4v) is 4.34. The van der Waals surface area contributed by atoms with E-state index in [1.807, 2.05) is 0 Å². The average Bonchev–Trinajstić information content (AvgIpc) is 2.70. The van der Waals surface area contributed by atoms with E-state index in [1.54, 1.807) is 0 Å². The average molecular weight is 471 g/mol. The molecule has 1 aliphatic heterocycles. The molecule has 1 aliphatic rings. The Labute approximate surface area is 188 Å². The molecule has 2 amide bonds. The lowest BCUT2D eigenvalue weighted by molar-refractivity contribution is -0.120. The summed E-state index contributed by atoms with van der Waals surface area (Å²) < 4.78 is 27.2. The second-order valence-corrected chi connectivity index (χ2v) is 8.33. The van der Waals surface area contributed by atoms with Crippen molar-refractivity contribution in [3.05, 3.63) is 57.6 Å². The quantitative estimate of drug-likeness (QED) is 0.600. The molecular formula is C22H22Cl2F2N2O3. The predicted molar refractivity (Wildman–Crippen MR) is 117 cm³/mol. The molecule has 0 aliphatic carbocycles. The van der Waals surface area contributed by atoms with Gasteiger partial charge in [0.1, 0.15) is 11.6 Å². The lowest BCUT2D eigenvalue weighted by Crippen LogP contribution is -2.41. The van der Waals surface area contributed by atoms with Crippen molar-refractivity contribution in [3.63, 3.8) is 0 Å². The van der Waals surface area contributed by atoms with Gasteiger partial charge in [0.05, 0.1) is 15.7 Å². The number of carbonyl (C=O) groups excluding carboxylic acids is 2. The zero-order valence-electron chi connectivity index (χ0n) is 16.6. The summed E-state index contributed by atoms with van der Waals surface area (Å²) in [5, 5.41) is 11.9. The number of piperidine rings is 1. The van der Waals surface area contributed by atoms with Crippen LogP contribution in [0.3, 0.4) is 0 Å². The van der Waals surface area contributed by atoms with E-state index in [0.717, 1.165) is 6.07 Å². The summed E-state index contributed by atoms with van der Waals surface area (Å²) in [7, 11) is 0. The van der Waals surface area contributed by atoms with Crippen molar-refractivity contribution in [1.29, 1.82) is 0 Å². The Kier molecular flexibility index (Phi) is 7.86. The minimum absolute atomic E-state index is 0.0531. The molecule has 0 bridgehead atoms. The molecule has 1 unspecified atom stereocenters. The van der Waals surface area contributed by atoms with E-state index in [2.05, 4.69) is 5.32 Å². The Morgan fingerprint density at radius 2 is 1.90 bits per heavy atom. The fourth-order valence-electron chi connectivity index (χ4n) is 3.65. The van der Waals surface area contributed by atoms with Crippen LogP contribution in [0.15, 0.2) is 30.3 Å². The highest BCUT2D eigenvalue weighted by Gasteiger charge is 2.30. The number of hydrogen-bond donors (Lipinski definition) is 2. The number of carbonyl (C=O) groups is 2. The van der Waals surface area contributed by atoms with Gasteiger partial charge in [-0.1, -0.05) is 29.3 Å². The van der Waals surface area contributed by atoms with Crippen molar-refractivity contribution in [2.45, 2.75) is 32.1 Å². The van der Waals surface area contributed by atoms with E-state index in [1.165, 1.54) is 29.2 Å². The van der Waals surface area contributed by atoms with Crippen LogP contribution in [0.25, 0.3) is 0 Å². The number of anilines is 2. The van der Waals surface area contributed by atoms with E-state index in [4.69, 9.17) is 28.3 Å². The first-order chi connectivity index (χ1) is 14.8. The van der Waals surface area contributed by atoms with E-state index in [-0.39, 0.29) is 53.8 Å². The highest BCUT2D eigenvalue weighted by Crippen LogP contribution is 2.39. The van der Waals surface area contributed by atoms with E-state index >= 15 is 0 Å². The van der Waals surface area contributed by atoms with Crippen molar-refractivity contribution in [3.8, 4) is 0 Å². The molecular weight excluding hydrogens is 449 g/mol. The van der Waals surface area contributed by atoms with Crippen LogP contribution < -0.4 is 10.2 Å². The number of hydrogen-bond acceptors (Lipinski definition) is 3. The van der Waals surface area contributed by atoms with Gasteiger partial charge in [0.15, 0.2) is 0 Å². The van der Waals surface area contributed by atoms with Crippen LogP contribution in [0.4, 0.5) is 20.2 Å². The maximum absolute atomic E-state index is 14.0. The second kappa shape index (κ2) is 10.4. The number of amides is 2. The van der Waals surface area contributed by atoms with Crippen molar-refractivity contribution >= 4 is 46.4 Å². The molecule has 0 radical (unpaired) electrons. The summed E-state index contributed by atoms with van der Waals surface area (Å²) in [6, 6.07) is 6.50. The molecule has 0 spiro atoms. The first-order valence-electron chi connectivity index (χ1n) is 9.92. The maximum Gasteiger partial charge on any atom is 0.227 e. The van der Waals surface area contributed by atoms with Gasteiger partial charge in [-0.15, -0.1) is 0 Å².